The number of rotatable bonds is 3. The van der Waals surface area contributed by atoms with Crippen molar-refractivity contribution in [2.75, 3.05) is 6.54 Å². The average molecular weight is 397 g/mol. The van der Waals surface area contributed by atoms with E-state index in [2.05, 4.69) is 10.4 Å². The SMILES string of the molecule is O=C(NC1CCCC1)[C@@H]1CN(C(=O)C23CC4CC(CC(C4)C2)C3)Cc2ccnn21. The maximum absolute atomic E-state index is 13.9. The minimum atomic E-state index is -0.396. The van der Waals surface area contributed by atoms with E-state index >= 15 is 0 Å². The second-order valence-electron chi connectivity index (χ2n) is 10.7. The van der Waals surface area contributed by atoms with Crippen LogP contribution in [0.25, 0.3) is 0 Å². The van der Waals surface area contributed by atoms with Gasteiger partial charge in [0.15, 0.2) is 0 Å². The number of amides is 2. The van der Waals surface area contributed by atoms with Gasteiger partial charge in [-0.2, -0.15) is 5.10 Å². The van der Waals surface area contributed by atoms with Crippen LogP contribution in [-0.2, 0) is 16.1 Å². The molecule has 2 amide bonds. The van der Waals surface area contributed by atoms with Crippen molar-refractivity contribution in [2.45, 2.75) is 82.8 Å². The first kappa shape index (κ1) is 18.0. The van der Waals surface area contributed by atoms with Crippen LogP contribution in [0.5, 0.6) is 0 Å². The van der Waals surface area contributed by atoms with Crippen LogP contribution < -0.4 is 5.32 Å². The summed E-state index contributed by atoms with van der Waals surface area (Å²) in [7, 11) is 0. The highest BCUT2D eigenvalue weighted by Crippen LogP contribution is 2.60. The summed E-state index contributed by atoms with van der Waals surface area (Å²) in [6.07, 6.45) is 13.5. The zero-order chi connectivity index (χ0) is 19.6. The smallest absolute Gasteiger partial charge is 0.246 e. The van der Waals surface area contributed by atoms with Crippen LogP contribution in [-0.4, -0.2) is 39.1 Å². The largest absolute Gasteiger partial charge is 0.351 e. The molecule has 1 atom stereocenters. The summed E-state index contributed by atoms with van der Waals surface area (Å²) < 4.78 is 1.85. The fourth-order valence-corrected chi connectivity index (χ4v) is 7.72. The maximum Gasteiger partial charge on any atom is 0.246 e. The number of fused-ring (bicyclic) bond motifs is 1. The van der Waals surface area contributed by atoms with Gasteiger partial charge in [0.25, 0.3) is 0 Å². The Morgan fingerprint density at radius 3 is 2.34 bits per heavy atom. The van der Waals surface area contributed by atoms with Crippen molar-refractivity contribution in [1.29, 1.82) is 0 Å². The lowest BCUT2D eigenvalue weighted by Crippen LogP contribution is -2.57. The second kappa shape index (κ2) is 6.58. The Morgan fingerprint density at radius 1 is 1.03 bits per heavy atom. The van der Waals surface area contributed by atoms with Crippen LogP contribution in [0.15, 0.2) is 12.3 Å². The van der Waals surface area contributed by atoms with Gasteiger partial charge in [-0.3, -0.25) is 14.3 Å². The molecule has 1 aliphatic heterocycles. The molecule has 4 bridgehead atoms. The van der Waals surface area contributed by atoms with Crippen LogP contribution >= 0.6 is 0 Å². The molecule has 0 saturated heterocycles. The van der Waals surface area contributed by atoms with Gasteiger partial charge in [0.2, 0.25) is 11.8 Å². The predicted octanol–water partition coefficient (Wildman–Crippen LogP) is 3.04. The molecule has 6 nitrogen and oxygen atoms in total. The van der Waals surface area contributed by atoms with Crippen molar-refractivity contribution in [2.24, 2.45) is 23.2 Å². The molecular weight excluding hydrogens is 364 g/mol. The summed E-state index contributed by atoms with van der Waals surface area (Å²) in [6.45, 7) is 1.06. The summed E-state index contributed by atoms with van der Waals surface area (Å²) in [5.74, 6) is 2.61. The Balaban J connectivity index is 1.24. The van der Waals surface area contributed by atoms with E-state index in [1.165, 1.54) is 32.1 Å². The number of aromatic nitrogens is 2. The third-order valence-electron chi connectivity index (χ3n) is 8.58. The molecule has 29 heavy (non-hydrogen) atoms. The Kier molecular flexibility index (Phi) is 4.07. The van der Waals surface area contributed by atoms with Crippen LogP contribution in [0, 0.1) is 23.2 Å². The van der Waals surface area contributed by atoms with E-state index in [1.54, 1.807) is 6.20 Å². The lowest BCUT2D eigenvalue weighted by atomic mass is 9.49. The summed E-state index contributed by atoms with van der Waals surface area (Å²) >= 11 is 0. The molecule has 0 spiro atoms. The molecule has 0 radical (unpaired) electrons. The topological polar surface area (TPSA) is 67.2 Å². The molecule has 156 valence electrons. The van der Waals surface area contributed by atoms with Crippen molar-refractivity contribution in [3.63, 3.8) is 0 Å². The van der Waals surface area contributed by atoms with Gasteiger partial charge >= 0.3 is 0 Å². The van der Waals surface area contributed by atoms with Crippen LogP contribution in [0.1, 0.15) is 75.9 Å². The lowest BCUT2D eigenvalue weighted by Gasteiger charge is -2.57. The molecule has 1 N–H and O–H groups in total. The monoisotopic (exact) mass is 396 g/mol. The minimum absolute atomic E-state index is 0.0323. The van der Waals surface area contributed by atoms with Gasteiger partial charge in [-0.05, 0) is 75.2 Å². The number of hydrogen-bond donors (Lipinski definition) is 1. The molecule has 2 heterocycles. The number of nitrogens with one attached hydrogen (secondary N) is 1. The van der Waals surface area contributed by atoms with Crippen molar-refractivity contribution >= 4 is 11.8 Å². The Labute approximate surface area is 172 Å². The van der Waals surface area contributed by atoms with Crippen LogP contribution in [0.3, 0.4) is 0 Å². The normalized spacial score (nSPS) is 38.3. The summed E-state index contributed by atoms with van der Waals surface area (Å²) in [5, 5.41) is 7.67. The lowest BCUT2D eigenvalue weighted by molar-refractivity contribution is -0.160. The summed E-state index contributed by atoms with van der Waals surface area (Å²) in [5.41, 5.74) is 0.838. The quantitative estimate of drug-likeness (QED) is 0.854. The molecule has 6 aliphatic rings. The van der Waals surface area contributed by atoms with Crippen molar-refractivity contribution < 1.29 is 9.59 Å². The van der Waals surface area contributed by atoms with Gasteiger partial charge in [-0.25, -0.2) is 0 Å². The molecule has 5 aliphatic carbocycles. The van der Waals surface area contributed by atoms with Crippen LogP contribution in [0.2, 0.25) is 0 Å². The van der Waals surface area contributed by atoms with E-state index in [0.29, 0.717) is 19.0 Å². The van der Waals surface area contributed by atoms with E-state index in [1.807, 2.05) is 15.6 Å². The maximum atomic E-state index is 13.9. The first-order valence-corrected chi connectivity index (χ1v) is 11.7. The standard InChI is InChI=1S/C23H32N4O2/c28-21(25-18-3-1-2-4-18)20-14-26(13-19-5-6-24-27(19)20)22(29)23-10-15-7-16(11-23)9-17(8-15)12-23/h5-6,15-18,20H,1-4,7-14H2,(H,25,28)/t15?,16?,17?,20-,23?/m0/s1. The van der Waals surface area contributed by atoms with Gasteiger partial charge in [-0.1, -0.05) is 12.8 Å². The molecule has 0 aromatic carbocycles. The van der Waals surface area contributed by atoms with Crippen molar-refractivity contribution in [1.82, 2.24) is 20.0 Å². The highest BCUT2D eigenvalue weighted by molar-refractivity contribution is 5.86. The number of nitrogens with zero attached hydrogens (tertiary/aromatic N) is 3. The Hall–Kier alpha value is -1.85. The van der Waals surface area contributed by atoms with E-state index in [4.69, 9.17) is 0 Å². The number of carbonyl (C=O) groups excluding carboxylic acids is 2. The van der Waals surface area contributed by atoms with Crippen molar-refractivity contribution in [3.8, 4) is 0 Å². The molecule has 0 unspecified atom stereocenters. The fourth-order valence-electron chi connectivity index (χ4n) is 7.72. The summed E-state index contributed by atoms with van der Waals surface area (Å²) in [4.78, 5) is 29.0. The Morgan fingerprint density at radius 2 is 1.69 bits per heavy atom. The number of hydrogen-bond acceptors (Lipinski definition) is 3. The number of carbonyl (C=O) groups is 2. The summed E-state index contributed by atoms with van der Waals surface area (Å²) in [6, 6.07) is 1.86. The predicted molar refractivity (Wildman–Crippen MR) is 108 cm³/mol. The zero-order valence-corrected chi connectivity index (χ0v) is 17.2. The first-order chi connectivity index (χ1) is 14.1. The van der Waals surface area contributed by atoms with Gasteiger partial charge in [0.05, 0.1) is 24.2 Å². The van der Waals surface area contributed by atoms with Gasteiger partial charge in [-0.15, -0.1) is 0 Å². The average Bonchev–Trinajstić information content (AvgIpc) is 3.37. The van der Waals surface area contributed by atoms with E-state index < -0.39 is 6.04 Å². The minimum Gasteiger partial charge on any atom is -0.351 e. The highest BCUT2D eigenvalue weighted by atomic mass is 16.2. The van der Waals surface area contributed by atoms with Gasteiger partial charge in [0.1, 0.15) is 6.04 Å². The molecule has 7 rings (SSSR count). The van der Waals surface area contributed by atoms with E-state index in [-0.39, 0.29) is 17.4 Å². The van der Waals surface area contributed by atoms with Gasteiger partial charge in [0, 0.05) is 12.2 Å². The molecule has 1 aromatic heterocycles. The second-order valence-corrected chi connectivity index (χ2v) is 10.7. The third-order valence-corrected chi connectivity index (χ3v) is 8.58. The fraction of sp³-hybridized carbons (Fsp3) is 0.783. The molecule has 6 heteroatoms. The van der Waals surface area contributed by atoms with Crippen molar-refractivity contribution in [3.05, 3.63) is 18.0 Å². The Bertz CT molecular complexity index is 789. The van der Waals surface area contributed by atoms with Gasteiger partial charge < -0.3 is 10.2 Å². The molecule has 1 aromatic rings. The molecule has 5 saturated carbocycles. The van der Waals surface area contributed by atoms with E-state index in [0.717, 1.165) is 55.6 Å². The van der Waals surface area contributed by atoms with E-state index in [9.17, 15) is 9.59 Å². The molecular formula is C23H32N4O2. The molecule has 5 fully saturated rings. The zero-order valence-electron chi connectivity index (χ0n) is 17.2. The third kappa shape index (κ3) is 2.93. The highest BCUT2D eigenvalue weighted by Gasteiger charge is 2.56. The van der Waals surface area contributed by atoms with Crippen LogP contribution in [0.4, 0.5) is 0 Å². The first-order valence-electron chi connectivity index (χ1n) is 11.7.